The van der Waals surface area contributed by atoms with Crippen LogP contribution in [0.2, 0.25) is 0 Å². The molecule has 6 nitrogen and oxygen atoms in total. The summed E-state index contributed by atoms with van der Waals surface area (Å²) >= 11 is 1.38. The first kappa shape index (κ1) is 23.1. The van der Waals surface area contributed by atoms with Gasteiger partial charge in [-0.15, -0.1) is 6.58 Å². The zero-order valence-electron chi connectivity index (χ0n) is 18.3. The third-order valence-electron chi connectivity index (χ3n) is 5.12. The standard InChI is InChI=1S/C26H22FN3O3S/c1-15(2)13-22(25(32)33)29-24(31)18-5-3-16(4-6-18)17-7-10-20(11-8-17)28-26-30-21-12-9-19(27)14-23(21)34-26/h3-12,14,22H,1,13H2,2H3,(H,28,30)(H,29,31)(H,32,33)/t22-/m0/s1. The molecule has 0 radical (unpaired) electrons. The number of hydrogen-bond acceptors (Lipinski definition) is 5. The minimum Gasteiger partial charge on any atom is -0.480 e. The highest BCUT2D eigenvalue weighted by atomic mass is 32.1. The third kappa shape index (κ3) is 5.47. The van der Waals surface area contributed by atoms with Crippen LogP contribution < -0.4 is 10.6 Å². The van der Waals surface area contributed by atoms with Crippen molar-refractivity contribution in [2.45, 2.75) is 19.4 Å². The average molecular weight is 476 g/mol. The summed E-state index contributed by atoms with van der Waals surface area (Å²) in [5, 5.41) is 15.7. The number of carboxylic acid groups (broad SMARTS) is 1. The van der Waals surface area contributed by atoms with E-state index < -0.39 is 17.9 Å². The number of carbonyl (C=O) groups is 2. The van der Waals surface area contributed by atoms with Crippen LogP contribution in [0.1, 0.15) is 23.7 Å². The van der Waals surface area contributed by atoms with Crippen LogP contribution in [0.15, 0.2) is 78.9 Å². The van der Waals surface area contributed by atoms with Crippen molar-refractivity contribution in [3.63, 3.8) is 0 Å². The Labute approximate surface area is 199 Å². The number of amides is 1. The Morgan fingerprint density at radius 1 is 1.06 bits per heavy atom. The summed E-state index contributed by atoms with van der Waals surface area (Å²) in [7, 11) is 0. The van der Waals surface area contributed by atoms with E-state index in [0.717, 1.165) is 27.0 Å². The van der Waals surface area contributed by atoms with E-state index in [9.17, 15) is 19.1 Å². The SMILES string of the molecule is C=C(C)C[C@H](NC(=O)c1ccc(-c2ccc(Nc3nc4ccc(F)cc4s3)cc2)cc1)C(=O)O. The second-order valence-electron chi connectivity index (χ2n) is 7.94. The molecule has 4 rings (SSSR count). The van der Waals surface area contributed by atoms with Gasteiger partial charge >= 0.3 is 5.97 Å². The van der Waals surface area contributed by atoms with Crippen LogP contribution in [-0.2, 0) is 4.79 Å². The highest BCUT2D eigenvalue weighted by Gasteiger charge is 2.20. The fourth-order valence-corrected chi connectivity index (χ4v) is 4.34. The molecule has 4 aromatic rings. The number of carboxylic acids is 1. The molecule has 0 saturated carbocycles. The van der Waals surface area contributed by atoms with E-state index in [0.29, 0.717) is 16.3 Å². The van der Waals surface area contributed by atoms with E-state index in [1.54, 1.807) is 25.1 Å². The summed E-state index contributed by atoms with van der Waals surface area (Å²) in [6.45, 7) is 5.43. The molecule has 3 N–H and O–H groups in total. The molecule has 0 spiro atoms. The van der Waals surface area contributed by atoms with Gasteiger partial charge in [-0.25, -0.2) is 14.2 Å². The molecule has 0 aliphatic heterocycles. The second-order valence-corrected chi connectivity index (χ2v) is 8.97. The number of halogens is 1. The van der Waals surface area contributed by atoms with Gasteiger partial charge in [0.2, 0.25) is 0 Å². The van der Waals surface area contributed by atoms with Gasteiger partial charge in [-0.3, -0.25) is 4.79 Å². The predicted molar refractivity (Wildman–Crippen MR) is 133 cm³/mol. The molecular weight excluding hydrogens is 453 g/mol. The molecule has 0 unspecified atom stereocenters. The zero-order valence-corrected chi connectivity index (χ0v) is 19.2. The molecule has 34 heavy (non-hydrogen) atoms. The maximum atomic E-state index is 13.4. The van der Waals surface area contributed by atoms with Crippen LogP contribution in [0.3, 0.4) is 0 Å². The summed E-state index contributed by atoms with van der Waals surface area (Å²) in [5.74, 6) is -1.83. The largest absolute Gasteiger partial charge is 0.480 e. The quantitative estimate of drug-likeness (QED) is 0.272. The van der Waals surface area contributed by atoms with Crippen LogP contribution in [0, 0.1) is 5.82 Å². The summed E-state index contributed by atoms with van der Waals surface area (Å²) in [6.07, 6.45) is 0.174. The number of carbonyl (C=O) groups excluding carboxylic acids is 1. The smallest absolute Gasteiger partial charge is 0.326 e. The van der Waals surface area contributed by atoms with Gasteiger partial charge in [0, 0.05) is 11.3 Å². The molecule has 172 valence electrons. The summed E-state index contributed by atoms with van der Waals surface area (Å²) in [5.41, 5.74) is 4.51. The van der Waals surface area contributed by atoms with Crippen molar-refractivity contribution in [1.29, 1.82) is 0 Å². The van der Waals surface area contributed by atoms with Crippen LogP contribution in [0.4, 0.5) is 15.2 Å². The first-order valence-corrected chi connectivity index (χ1v) is 11.3. The molecule has 0 aliphatic carbocycles. The molecule has 0 aliphatic rings. The summed E-state index contributed by atoms with van der Waals surface area (Å²) < 4.78 is 14.2. The van der Waals surface area contributed by atoms with E-state index in [1.807, 2.05) is 36.4 Å². The van der Waals surface area contributed by atoms with Gasteiger partial charge in [0.1, 0.15) is 11.9 Å². The van der Waals surface area contributed by atoms with Crippen LogP contribution in [-0.4, -0.2) is 28.0 Å². The Kier molecular flexibility index (Phi) is 6.70. The lowest BCUT2D eigenvalue weighted by molar-refractivity contribution is -0.139. The van der Waals surface area contributed by atoms with E-state index in [2.05, 4.69) is 22.2 Å². The van der Waals surface area contributed by atoms with E-state index in [-0.39, 0.29) is 12.2 Å². The van der Waals surface area contributed by atoms with Crippen molar-refractivity contribution in [2.75, 3.05) is 5.32 Å². The number of benzene rings is 3. The molecule has 0 saturated heterocycles. The van der Waals surface area contributed by atoms with Gasteiger partial charge < -0.3 is 15.7 Å². The van der Waals surface area contributed by atoms with Crippen molar-refractivity contribution in [1.82, 2.24) is 10.3 Å². The minimum absolute atomic E-state index is 0.174. The number of rotatable bonds is 8. The second kappa shape index (κ2) is 9.84. The Bertz CT molecular complexity index is 1360. The number of fused-ring (bicyclic) bond motifs is 1. The van der Waals surface area contributed by atoms with Crippen LogP contribution >= 0.6 is 11.3 Å². The van der Waals surface area contributed by atoms with Gasteiger partial charge in [0.15, 0.2) is 5.13 Å². The lowest BCUT2D eigenvalue weighted by Crippen LogP contribution is -2.40. The first-order chi connectivity index (χ1) is 16.3. The number of thiazole rings is 1. The van der Waals surface area contributed by atoms with Crippen molar-refractivity contribution in [3.05, 3.63) is 90.3 Å². The first-order valence-electron chi connectivity index (χ1n) is 10.5. The Morgan fingerprint density at radius 3 is 2.32 bits per heavy atom. The summed E-state index contributed by atoms with van der Waals surface area (Å²) in [4.78, 5) is 28.3. The predicted octanol–water partition coefficient (Wildman–Crippen LogP) is 6.00. The van der Waals surface area contributed by atoms with Crippen molar-refractivity contribution in [3.8, 4) is 11.1 Å². The molecule has 1 amide bonds. The third-order valence-corrected chi connectivity index (χ3v) is 6.06. The fraction of sp³-hybridized carbons (Fsp3) is 0.115. The normalized spacial score (nSPS) is 11.7. The Hall–Kier alpha value is -4.04. The number of aliphatic carboxylic acids is 1. The molecular formula is C26H22FN3O3S. The monoisotopic (exact) mass is 475 g/mol. The number of aromatic nitrogens is 1. The summed E-state index contributed by atoms with van der Waals surface area (Å²) in [6, 6.07) is 18.2. The molecule has 1 heterocycles. The lowest BCUT2D eigenvalue weighted by Gasteiger charge is -2.14. The van der Waals surface area contributed by atoms with E-state index >= 15 is 0 Å². The lowest BCUT2D eigenvalue weighted by atomic mass is 10.0. The topological polar surface area (TPSA) is 91.3 Å². The number of nitrogens with one attached hydrogen (secondary N) is 2. The molecule has 0 bridgehead atoms. The molecule has 1 aromatic heterocycles. The number of nitrogens with zero attached hydrogens (tertiary/aromatic N) is 1. The van der Waals surface area contributed by atoms with E-state index in [1.165, 1.54) is 23.5 Å². The Balaban J connectivity index is 1.42. The van der Waals surface area contributed by atoms with Crippen molar-refractivity contribution >= 4 is 44.2 Å². The minimum atomic E-state index is -1.10. The maximum Gasteiger partial charge on any atom is 0.326 e. The van der Waals surface area contributed by atoms with Crippen molar-refractivity contribution in [2.24, 2.45) is 0 Å². The fourth-order valence-electron chi connectivity index (χ4n) is 3.43. The zero-order chi connectivity index (χ0) is 24.2. The number of hydrogen-bond donors (Lipinski definition) is 3. The molecule has 1 atom stereocenters. The molecule has 8 heteroatoms. The van der Waals surface area contributed by atoms with Crippen LogP contribution in [0.5, 0.6) is 0 Å². The molecule has 3 aromatic carbocycles. The van der Waals surface area contributed by atoms with Crippen LogP contribution in [0.25, 0.3) is 21.3 Å². The maximum absolute atomic E-state index is 13.4. The van der Waals surface area contributed by atoms with Gasteiger partial charge in [0.05, 0.1) is 10.2 Å². The highest BCUT2D eigenvalue weighted by Crippen LogP contribution is 2.30. The molecule has 0 fully saturated rings. The average Bonchev–Trinajstić information content (AvgIpc) is 3.20. The Morgan fingerprint density at radius 2 is 1.71 bits per heavy atom. The highest BCUT2D eigenvalue weighted by molar-refractivity contribution is 7.22. The van der Waals surface area contributed by atoms with Gasteiger partial charge in [0.25, 0.3) is 5.91 Å². The van der Waals surface area contributed by atoms with Gasteiger partial charge in [-0.1, -0.05) is 41.2 Å². The van der Waals surface area contributed by atoms with E-state index in [4.69, 9.17) is 0 Å². The number of anilines is 2. The van der Waals surface area contributed by atoms with Gasteiger partial charge in [-0.05, 0) is 66.9 Å². The van der Waals surface area contributed by atoms with Crippen molar-refractivity contribution < 1.29 is 19.1 Å². The van der Waals surface area contributed by atoms with Gasteiger partial charge in [-0.2, -0.15) is 0 Å².